The number of carbonyl (C=O) groups is 1. The van der Waals surface area contributed by atoms with Gasteiger partial charge in [0, 0.05) is 12.1 Å². The van der Waals surface area contributed by atoms with Gasteiger partial charge in [-0.3, -0.25) is 4.79 Å². The van der Waals surface area contributed by atoms with E-state index in [-0.39, 0.29) is 18.0 Å². The number of benzene rings is 1. The van der Waals surface area contributed by atoms with Crippen molar-refractivity contribution in [2.45, 2.75) is 50.3 Å². The molecule has 4 heteroatoms. The van der Waals surface area contributed by atoms with E-state index in [1.54, 1.807) is 0 Å². The van der Waals surface area contributed by atoms with Gasteiger partial charge in [-0.1, -0.05) is 37.1 Å². The van der Waals surface area contributed by atoms with Crippen LogP contribution in [0.25, 0.3) is 0 Å². The first-order chi connectivity index (χ1) is 9.75. The highest BCUT2D eigenvalue weighted by molar-refractivity contribution is 5.83. The number of nitrogens with one attached hydrogen (secondary N) is 1. The van der Waals surface area contributed by atoms with Crippen molar-refractivity contribution in [2.75, 3.05) is 6.61 Å². The summed E-state index contributed by atoms with van der Waals surface area (Å²) in [6.45, 7) is 0.603. The first-order valence-corrected chi connectivity index (χ1v) is 7.51. The molecule has 0 radical (unpaired) electrons. The highest BCUT2D eigenvalue weighted by Gasteiger charge is 2.30. The molecule has 1 aliphatic heterocycles. The number of amides is 1. The smallest absolute Gasteiger partial charge is 0.254 e. The van der Waals surface area contributed by atoms with E-state index in [1.807, 2.05) is 18.2 Å². The predicted molar refractivity (Wildman–Crippen MR) is 77.2 cm³/mol. The summed E-state index contributed by atoms with van der Waals surface area (Å²) in [5, 5.41) is 3.09. The summed E-state index contributed by atoms with van der Waals surface area (Å²) in [6.07, 6.45) is 4.67. The van der Waals surface area contributed by atoms with Crippen molar-refractivity contribution in [3.63, 3.8) is 0 Å². The normalized spacial score (nSPS) is 29.6. The fourth-order valence-electron chi connectivity index (χ4n) is 3.21. The highest BCUT2D eigenvalue weighted by atomic mass is 16.5. The molecule has 0 bridgehead atoms. The molecule has 1 aromatic carbocycles. The van der Waals surface area contributed by atoms with E-state index >= 15 is 0 Å². The zero-order valence-corrected chi connectivity index (χ0v) is 11.7. The summed E-state index contributed by atoms with van der Waals surface area (Å²) in [5.41, 5.74) is 8.31. The largest absolute Gasteiger partial charge is 0.363 e. The molecule has 108 valence electrons. The quantitative estimate of drug-likeness (QED) is 0.862. The van der Waals surface area contributed by atoms with Gasteiger partial charge in [0.1, 0.15) is 0 Å². The predicted octanol–water partition coefficient (Wildman–Crippen LogP) is 1.69. The fourth-order valence-corrected chi connectivity index (χ4v) is 3.21. The topological polar surface area (TPSA) is 64.3 Å². The maximum Gasteiger partial charge on any atom is 0.254 e. The molecule has 3 N–H and O–H groups in total. The Kier molecular flexibility index (Phi) is 4.03. The third-order valence-electron chi connectivity index (χ3n) is 4.38. The van der Waals surface area contributed by atoms with Crippen LogP contribution in [0.15, 0.2) is 24.3 Å². The number of hydrogen-bond donors (Lipinski definition) is 2. The van der Waals surface area contributed by atoms with Crippen molar-refractivity contribution >= 4 is 5.91 Å². The van der Waals surface area contributed by atoms with Crippen LogP contribution in [0.5, 0.6) is 0 Å². The summed E-state index contributed by atoms with van der Waals surface area (Å²) in [5.74, 6) is -0.0421. The molecule has 0 saturated heterocycles. The molecule has 0 spiro atoms. The minimum Gasteiger partial charge on any atom is -0.363 e. The van der Waals surface area contributed by atoms with E-state index in [0.29, 0.717) is 6.61 Å². The van der Waals surface area contributed by atoms with Crippen LogP contribution in [-0.2, 0) is 16.0 Å². The standard InChI is InChI=1S/C16H22N2O2/c17-13-7-3-4-8-14(13)18-16(19)15-12-6-2-1-5-11(12)9-10-20-15/h1-2,5-6,13-15H,3-4,7-10,17H2,(H,18,19). The van der Waals surface area contributed by atoms with E-state index in [0.717, 1.165) is 37.7 Å². The third-order valence-corrected chi connectivity index (χ3v) is 4.38. The Bertz CT molecular complexity index is 489. The van der Waals surface area contributed by atoms with E-state index in [4.69, 9.17) is 10.5 Å². The minimum atomic E-state index is -0.478. The second-order valence-electron chi connectivity index (χ2n) is 5.76. The molecule has 4 nitrogen and oxygen atoms in total. The first kappa shape index (κ1) is 13.6. The lowest BCUT2D eigenvalue weighted by molar-refractivity contribution is -0.135. The van der Waals surface area contributed by atoms with E-state index in [2.05, 4.69) is 11.4 Å². The molecule has 2 aliphatic rings. The lowest BCUT2D eigenvalue weighted by Crippen LogP contribution is -2.51. The van der Waals surface area contributed by atoms with Gasteiger partial charge in [-0.05, 0) is 30.4 Å². The van der Waals surface area contributed by atoms with Crippen molar-refractivity contribution in [3.8, 4) is 0 Å². The highest BCUT2D eigenvalue weighted by Crippen LogP contribution is 2.27. The van der Waals surface area contributed by atoms with Gasteiger partial charge < -0.3 is 15.8 Å². The van der Waals surface area contributed by atoms with Gasteiger partial charge in [0.25, 0.3) is 5.91 Å². The summed E-state index contributed by atoms with van der Waals surface area (Å²) < 4.78 is 5.69. The molecular weight excluding hydrogens is 252 g/mol. The molecular formula is C16H22N2O2. The van der Waals surface area contributed by atoms with E-state index in [1.165, 1.54) is 5.56 Å². The first-order valence-electron chi connectivity index (χ1n) is 7.51. The third kappa shape index (κ3) is 2.72. The Labute approximate surface area is 119 Å². The number of ether oxygens (including phenoxy) is 1. The van der Waals surface area contributed by atoms with Crippen LogP contribution in [0.1, 0.15) is 42.9 Å². The fraction of sp³-hybridized carbons (Fsp3) is 0.562. The van der Waals surface area contributed by atoms with Gasteiger partial charge in [0.15, 0.2) is 6.10 Å². The summed E-state index contributed by atoms with van der Waals surface area (Å²) in [4.78, 5) is 12.5. The summed E-state index contributed by atoms with van der Waals surface area (Å²) in [6, 6.07) is 8.20. The molecule has 3 rings (SSSR count). The second-order valence-corrected chi connectivity index (χ2v) is 5.76. The van der Waals surface area contributed by atoms with E-state index < -0.39 is 6.10 Å². The zero-order valence-electron chi connectivity index (χ0n) is 11.7. The summed E-state index contributed by atoms with van der Waals surface area (Å²) >= 11 is 0. The van der Waals surface area contributed by atoms with E-state index in [9.17, 15) is 4.79 Å². The van der Waals surface area contributed by atoms with Gasteiger partial charge in [-0.2, -0.15) is 0 Å². The Morgan fingerprint density at radius 1 is 1.25 bits per heavy atom. The molecule has 3 unspecified atom stereocenters. The van der Waals surface area contributed by atoms with Gasteiger partial charge in [0.05, 0.1) is 6.61 Å². The molecule has 1 aliphatic carbocycles. The average molecular weight is 274 g/mol. The van der Waals surface area contributed by atoms with Gasteiger partial charge in [-0.15, -0.1) is 0 Å². The van der Waals surface area contributed by atoms with Crippen molar-refractivity contribution in [2.24, 2.45) is 5.73 Å². The molecule has 1 aromatic rings. The van der Waals surface area contributed by atoms with Crippen LogP contribution in [0.2, 0.25) is 0 Å². The molecule has 1 fully saturated rings. The average Bonchev–Trinajstić information content (AvgIpc) is 2.49. The number of rotatable bonds is 2. The van der Waals surface area contributed by atoms with Crippen LogP contribution in [0.4, 0.5) is 0 Å². The second kappa shape index (κ2) is 5.94. The van der Waals surface area contributed by atoms with Gasteiger partial charge >= 0.3 is 0 Å². The minimum absolute atomic E-state index is 0.0421. The SMILES string of the molecule is NC1CCCCC1NC(=O)C1OCCc2ccccc21. The number of fused-ring (bicyclic) bond motifs is 1. The Morgan fingerprint density at radius 2 is 2.05 bits per heavy atom. The van der Waals surface area contributed by atoms with Crippen molar-refractivity contribution in [1.82, 2.24) is 5.32 Å². The van der Waals surface area contributed by atoms with Crippen LogP contribution in [0.3, 0.4) is 0 Å². The molecule has 1 heterocycles. The molecule has 3 atom stereocenters. The lowest BCUT2D eigenvalue weighted by Gasteiger charge is -2.32. The maximum absolute atomic E-state index is 12.5. The van der Waals surface area contributed by atoms with Gasteiger partial charge in [-0.25, -0.2) is 0 Å². The Hall–Kier alpha value is -1.39. The van der Waals surface area contributed by atoms with Crippen LogP contribution < -0.4 is 11.1 Å². The van der Waals surface area contributed by atoms with Crippen LogP contribution in [0, 0.1) is 0 Å². The Balaban J connectivity index is 1.72. The summed E-state index contributed by atoms with van der Waals surface area (Å²) in [7, 11) is 0. The molecule has 1 saturated carbocycles. The number of carbonyl (C=O) groups excluding carboxylic acids is 1. The zero-order chi connectivity index (χ0) is 13.9. The number of nitrogens with two attached hydrogens (primary N) is 1. The lowest BCUT2D eigenvalue weighted by atomic mass is 9.90. The Morgan fingerprint density at radius 3 is 2.90 bits per heavy atom. The maximum atomic E-state index is 12.5. The molecule has 1 amide bonds. The van der Waals surface area contributed by atoms with Crippen molar-refractivity contribution < 1.29 is 9.53 Å². The molecule has 0 aromatic heterocycles. The van der Waals surface area contributed by atoms with Crippen LogP contribution >= 0.6 is 0 Å². The van der Waals surface area contributed by atoms with Gasteiger partial charge in [0.2, 0.25) is 0 Å². The van der Waals surface area contributed by atoms with Crippen molar-refractivity contribution in [3.05, 3.63) is 35.4 Å². The number of hydrogen-bond acceptors (Lipinski definition) is 3. The molecule has 20 heavy (non-hydrogen) atoms. The monoisotopic (exact) mass is 274 g/mol. The van der Waals surface area contributed by atoms with Crippen LogP contribution in [-0.4, -0.2) is 24.6 Å². The van der Waals surface area contributed by atoms with Crippen molar-refractivity contribution in [1.29, 1.82) is 0 Å².